The predicted octanol–water partition coefficient (Wildman–Crippen LogP) is 1.39. The minimum Gasteiger partial charge on any atom is -0.465 e. The van der Waals surface area contributed by atoms with Crippen molar-refractivity contribution in [3.05, 3.63) is 16.0 Å². The molecule has 0 aliphatic carbocycles. The monoisotopic (exact) mass is 389 g/mol. The highest BCUT2D eigenvalue weighted by molar-refractivity contribution is 7.91. The molecule has 0 saturated carbocycles. The number of sulfone groups is 1. The van der Waals surface area contributed by atoms with Gasteiger partial charge in [-0.1, -0.05) is 0 Å². The van der Waals surface area contributed by atoms with E-state index in [0.29, 0.717) is 12.0 Å². The molecule has 10 heteroatoms. The fraction of sp³-hybridized carbons (Fsp3) is 0.533. The van der Waals surface area contributed by atoms with Crippen molar-refractivity contribution >= 4 is 44.0 Å². The van der Waals surface area contributed by atoms with E-state index in [1.54, 1.807) is 6.92 Å². The first-order valence-corrected chi connectivity index (χ1v) is 10.1. The lowest BCUT2D eigenvalue weighted by atomic mass is 10.1. The van der Waals surface area contributed by atoms with Gasteiger partial charge in [-0.05, 0) is 24.8 Å². The molecule has 138 valence electrons. The van der Waals surface area contributed by atoms with Crippen molar-refractivity contribution in [3.8, 4) is 0 Å². The highest BCUT2D eigenvalue weighted by Gasteiger charge is 2.31. The molecule has 0 unspecified atom stereocenters. The van der Waals surface area contributed by atoms with E-state index in [-0.39, 0.29) is 39.3 Å². The van der Waals surface area contributed by atoms with Crippen LogP contribution >= 0.6 is 11.3 Å². The van der Waals surface area contributed by atoms with E-state index in [4.69, 9.17) is 4.74 Å². The average Bonchev–Trinajstić information content (AvgIpc) is 3.05. The minimum atomic E-state index is -3.07. The summed E-state index contributed by atoms with van der Waals surface area (Å²) in [6, 6.07) is 0. The van der Waals surface area contributed by atoms with Gasteiger partial charge in [0.25, 0.3) is 0 Å². The summed E-state index contributed by atoms with van der Waals surface area (Å²) in [7, 11) is -0.648. The lowest BCUT2D eigenvalue weighted by molar-refractivity contribution is -0.116. The number of thiophene rings is 1. The maximum atomic E-state index is 12.2. The zero-order chi connectivity index (χ0) is 18.8. The number of methoxy groups -OCH3 is 2. The average molecular weight is 389 g/mol. The first kappa shape index (κ1) is 19.4. The van der Waals surface area contributed by atoms with E-state index in [1.165, 1.54) is 14.2 Å². The van der Waals surface area contributed by atoms with Crippen molar-refractivity contribution in [3.63, 3.8) is 0 Å². The Labute approximate surface area is 149 Å². The van der Waals surface area contributed by atoms with Gasteiger partial charge in [-0.3, -0.25) is 4.79 Å². The van der Waals surface area contributed by atoms with Gasteiger partial charge in [-0.2, -0.15) is 0 Å². The number of anilines is 1. The van der Waals surface area contributed by atoms with Gasteiger partial charge in [0.1, 0.15) is 9.88 Å². The maximum Gasteiger partial charge on any atom is 0.348 e. The normalized spacial score (nSPS) is 18.6. The van der Waals surface area contributed by atoms with E-state index in [2.05, 4.69) is 10.1 Å². The van der Waals surface area contributed by atoms with Crippen LogP contribution < -0.4 is 5.32 Å². The van der Waals surface area contributed by atoms with Crippen molar-refractivity contribution in [2.45, 2.75) is 19.8 Å². The Kier molecular flexibility index (Phi) is 5.83. The van der Waals surface area contributed by atoms with Crippen LogP contribution in [0.15, 0.2) is 0 Å². The third-order valence-electron chi connectivity index (χ3n) is 3.96. The zero-order valence-electron chi connectivity index (χ0n) is 14.1. The summed E-state index contributed by atoms with van der Waals surface area (Å²) in [5.41, 5.74) is 0.461. The fourth-order valence-electron chi connectivity index (χ4n) is 2.71. The number of amides is 1. The Hall–Kier alpha value is -1.94. The topological polar surface area (TPSA) is 116 Å². The largest absolute Gasteiger partial charge is 0.465 e. The third kappa shape index (κ3) is 4.37. The molecule has 1 aromatic heterocycles. The zero-order valence-corrected chi connectivity index (χ0v) is 15.7. The van der Waals surface area contributed by atoms with E-state index in [0.717, 1.165) is 11.3 Å². The van der Waals surface area contributed by atoms with E-state index in [9.17, 15) is 22.8 Å². The molecular weight excluding hydrogens is 370 g/mol. The Morgan fingerprint density at radius 1 is 1.20 bits per heavy atom. The quantitative estimate of drug-likeness (QED) is 0.757. The van der Waals surface area contributed by atoms with Gasteiger partial charge in [0.15, 0.2) is 9.84 Å². The Morgan fingerprint density at radius 3 is 2.36 bits per heavy atom. The summed E-state index contributed by atoms with van der Waals surface area (Å²) < 4.78 is 32.3. The SMILES string of the molecule is COC(=O)c1sc(NC(=O)C[C@@H]2CCS(=O)(=O)C2)c(C(=O)OC)c1C. The van der Waals surface area contributed by atoms with E-state index >= 15 is 0 Å². The Morgan fingerprint density at radius 2 is 1.84 bits per heavy atom. The van der Waals surface area contributed by atoms with Crippen molar-refractivity contribution in [1.29, 1.82) is 0 Å². The molecule has 1 aliphatic rings. The summed E-state index contributed by atoms with van der Waals surface area (Å²) in [6.07, 6.45) is 0.473. The molecule has 1 aliphatic heterocycles. The van der Waals surface area contributed by atoms with Crippen LogP contribution in [0.3, 0.4) is 0 Å². The molecule has 2 heterocycles. The summed E-state index contributed by atoms with van der Waals surface area (Å²) in [5.74, 6) is -1.88. The second-order valence-corrected chi connectivity index (χ2v) is 9.01. The fourth-order valence-corrected chi connectivity index (χ4v) is 5.70. The first-order valence-electron chi connectivity index (χ1n) is 7.48. The second kappa shape index (κ2) is 7.52. The van der Waals surface area contributed by atoms with Gasteiger partial charge in [0.05, 0.1) is 31.3 Å². The molecular formula is C15H19NO7S2. The smallest absolute Gasteiger partial charge is 0.348 e. The molecule has 1 amide bonds. The summed E-state index contributed by atoms with van der Waals surface area (Å²) in [5, 5.41) is 2.79. The maximum absolute atomic E-state index is 12.2. The summed E-state index contributed by atoms with van der Waals surface area (Å²) >= 11 is 0.923. The van der Waals surface area contributed by atoms with E-state index in [1.807, 2.05) is 0 Å². The molecule has 1 atom stereocenters. The number of hydrogen-bond acceptors (Lipinski definition) is 8. The number of carbonyl (C=O) groups is 3. The molecule has 0 bridgehead atoms. The van der Waals surface area contributed by atoms with Crippen molar-refractivity contribution < 1.29 is 32.3 Å². The van der Waals surface area contributed by atoms with Crippen molar-refractivity contribution in [1.82, 2.24) is 0 Å². The van der Waals surface area contributed by atoms with Crippen LogP contribution in [-0.2, 0) is 24.1 Å². The standard InChI is InChI=1S/C15H19NO7S2/c1-8-11(14(18)22-2)13(24-12(8)15(19)23-3)16-10(17)6-9-4-5-25(20,21)7-9/h9H,4-7H2,1-3H3,(H,16,17)/t9-/m0/s1. The highest BCUT2D eigenvalue weighted by atomic mass is 32.2. The lowest BCUT2D eigenvalue weighted by Gasteiger charge is -2.09. The Balaban J connectivity index is 2.21. The molecule has 1 N–H and O–H groups in total. The van der Waals surface area contributed by atoms with Crippen LogP contribution in [0.2, 0.25) is 0 Å². The van der Waals surface area contributed by atoms with Crippen LogP contribution in [0.4, 0.5) is 5.00 Å². The first-order chi connectivity index (χ1) is 11.7. The van der Waals surface area contributed by atoms with Crippen LogP contribution in [0, 0.1) is 12.8 Å². The predicted molar refractivity (Wildman–Crippen MR) is 91.7 cm³/mol. The van der Waals surface area contributed by atoms with Gasteiger partial charge in [-0.25, -0.2) is 18.0 Å². The molecule has 8 nitrogen and oxygen atoms in total. The number of ether oxygens (including phenoxy) is 2. The van der Waals surface area contributed by atoms with E-state index < -0.39 is 27.7 Å². The van der Waals surface area contributed by atoms with Crippen LogP contribution in [0.1, 0.15) is 38.4 Å². The van der Waals surface area contributed by atoms with Crippen molar-refractivity contribution in [2.75, 3.05) is 31.0 Å². The summed E-state index contributed by atoms with van der Waals surface area (Å²) in [4.78, 5) is 36.2. The minimum absolute atomic E-state index is 0.0127. The van der Waals surface area contributed by atoms with Crippen LogP contribution in [0.25, 0.3) is 0 Å². The third-order valence-corrected chi connectivity index (χ3v) is 6.99. The lowest BCUT2D eigenvalue weighted by Crippen LogP contribution is -2.18. The van der Waals surface area contributed by atoms with Gasteiger partial charge in [-0.15, -0.1) is 11.3 Å². The number of hydrogen-bond donors (Lipinski definition) is 1. The summed E-state index contributed by atoms with van der Waals surface area (Å²) in [6.45, 7) is 1.56. The molecule has 0 aromatic carbocycles. The molecule has 0 spiro atoms. The van der Waals surface area contributed by atoms with Gasteiger partial charge in [0, 0.05) is 6.42 Å². The second-order valence-electron chi connectivity index (χ2n) is 5.76. The number of rotatable bonds is 5. The molecule has 25 heavy (non-hydrogen) atoms. The number of nitrogens with one attached hydrogen (secondary N) is 1. The molecule has 1 saturated heterocycles. The van der Waals surface area contributed by atoms with Crippen LogP contribution in [-0.4, -0.2) is 52.0 Å². The number of esters is 2. The molecule has 1 fully saturated rings. The number of carbonyl (C=O) groups excluding carboxylic acids is 3. The molecule has 2 rings (SSSR count). The molecule has 1 aromatic rings. The Bertz CT molecular complexity index is 810. The molecule has 0 radical (unpaired) electrons. The van der Waals surface area contributed by atoms with Gasteiger partial charge >= 0.3 is 11.9 Å². The van der Waals surface area contributed by atoms with Gasteiger partial charge < -0.3 is 14.8 Å². The van der Waals surface area contributed by atoms with Gasteiger partial charge in [0.2, 0.25) is 5.91 Å². The van der Waals surface area contributed by atoms with Crippen molar-refractivity contribution in [2.24, 2.45) is 5.92 Å². The van der Waals surface area contributed by atoms with Crippen LogP contribution in [0.5, 0.6) is 0 Å². The highest BCUT2D eigenvalue weighted by Crippen LogP contribution is 2.34.